The molecule has 1 rings (SSSR count). The van der Waals surface area contributed by atoms with Crippen molar-refractivity contribution in [3.63, 3.8) is 0 Å². The summed E-state index contributed by atoms with van der Waals surface area (Å²) in [6.45, 7) is 4.06. The first-order valence-electron chi connectivity index (χ1n) is 5.09. The summed E-state index contributed by atoms with van der Waals surface area (Å²) in [5.41, 5.74) is 1.97. The highest BCUT2D eigenvalue weighted by Gasteiger charge is 1.95. The van der Waals surface area contributed by atoms with Gasteiger partial charge in [0, 0.05) is 25.5 Å². The second-order valence-electron chi connectivity index (χ2n) is 3.52. The summed E-state index contributed by atoms with van der Waals surface area (Å²) in [5.74, 6) is 5.94. The van der Waals surface area contributed by atoms with Crippen LogP contribution in [-0.4, -0.2) is 12.5 Å². The van der Waals surface area contributed by atoms with Gasteiger partial charge in [0.05, 0.1) is 5.02 Å². The lowest BCUT2D eigenvalue weighted by atomic mass is 10.1. The van der Waals surface area contributed by atoms with E-state index in [0.29, 0.717) is 18.0 Å². The molecule has 0 heterocycles. The molecule has 0 fully saturated rings. The van der Waals surface area contributed by atoms with Gasteiger partial charge in [0.2, 0.25) is 5.91 Å². The van der Waals surface area contributed by atoms with E-state index in [0.717, 1.165) is 11.1 Å². The van der Waals surface area contributed by atoms with Gasteiger partial charge in [0.15, 0.2) is 0 Å². The minimum absolute atomic E-state index is 0.0320. The normalized spacial score (nSPS) is 9.19. The van der Waals surface area contributed by atoms with Gasteiger partial charge in [0.25, 0.3) is 0 Å². The third kappa shape index (κ3) is 4.37. The van der Waals surface area contributed by atoms with E-state index in [1.165, 1.54) is 6.92 Å². The molecule has 1 amide bonds. The Labute approximate surface area is 101 Å². The molecule has 0 unspecified atom stereocenters. The molecule has 0 bridgehead atoms. The Bertz CT molecular complexity index is 443. The van der Waals surface area contributed by atoms with E-state index in [4.69, 9.17) is 11.6 Å². The monoisotopic (exact) mass is 235 g/mol. The van der Waals surface area contributed by atoms with Crippen molar-refractivity contribution in [1.29, 1.82) is 0 Å². The number of hydrogen-bond acceptors (Lipinski definition) is 1. The molecule has 0 aliphatic rings. The quantitative estimate of drug-likeness (QED) is 0.620. The van der Waals surface area contributed by atoms with Gasteiger partial charge in [-0.3, -0.25) is 4.79 Å². The average molecular weight is 236 g/mol. The van der Waals surface area contributed by atoms with Crippen molar-refractivity contribution in [2.45, 2.75) is 20.3 Å². The highest BCUT2D eigenvalue weighted by atomic mass is 35.5. The standard InChI is InChI=1S/C13H14ClNO/c1-10-6-7-13(14)12(9-10)5-3-4-8-15-11(2)16/h6-7,9H,4,8H2,1-2H3,(H,15,16). The summed E-state index contributed by atoms with van der Waals surface area (Å²) in [7, 11) is 0. The molecule has 0 atom stereocenters. The lowest BCUT2D eigenvalue weighted by molar-refractivity contribution is -0.118. The van der Waals surface area contributed by atoms with Gasteiger partial charge in [-0.25, -0.2) is 0 Å². The van der Waals surface area contributed by atoms with Crippen molar-refractivity contribution in [2.75, 3.05) is 6.54 Å². The third-order valence-electron chi connectivity index (χ3n) is 1.97. The van der Waals surface area contributed by atoms with Crippen LogP contribution in [0.5, 0.6) is 0 Å². The maximum absolute atomic E-state index is 10.6. The number of hydrogen-bond donors (Lipinski definition) is 1. The summed E-state index contributed by atoms with van der Waals surface area (Å²) in [5, 5.41) is 3.35. The zero-order chi connectivity index (χ0) is 12.0. The highest BCUT2D eigenvalue weighted by molar-refractivity contribution is 6.31. The minimum Gasteiger partial charge on any atom is -0.355 e. The highest BCUT2D eigenvalue weighted by Crippen LogP contribution is 2.15. The second-order valence-corrected chi connectivity index (χ2v) is 3.93. The van der Waals surface area contributed by atoms with Crippen molar-refractivity contribution < 1.29 is 4.79 Å². The van der Waals surface area contributed by atoms with Gasteiger partial charge >= 0.3 is 0 Å². The van der Waals surface area contributed by atoms with Crippen LogP contribution in [0.3, 0.4) is 0 Å². The first-order chi connectivity index (χ1) is 7.59. The van der Waals surface area contributed by atoms with Gasteiger partial charge in [0.1, 0.15) is 0 Å². The number of benzene rings is 1. The molecule has 0 saturated heterocycles. The molecular weight excluding hydrogens is 222 g/mol. The van der Waals surface area contributed by atoms with E-state index in [1.807, 2.05) is 25.1 Å². The molecule has 0 saturated carbocycles. The number of nitrogens with one attached hydrogen (secondary N) is 1. The van der Waals surface area contributed by atoms with Gasteiger partial charge in [-0.05, 0) is 24.6 Å². The molecule has 0 aliphatic heterocycles. The van der Waals surface area contributed by atoms with E-state index in [9.17, 15) is 4.79 Å². The van der Waals surface area contributed by atoms with Crippen LogP contribution in [0.4, 0.5) is 0 Å². The number of amides is 1. The molecule has 1 aromatic carbocycles. The summed E-state index contributed by atoms with van der Waals surface area (Å²) in [4.78, 5) is 10.6. The molecule has 0 aromatic heterocycles. The van der Waals surface area contributed by atoms with Gasteiger partial charge in [-0.15, -0.1) is 0 Å². The number of aryl methyl sites for hydroxylation is 1. The molecule has 2 nitrogen and oxygen atoms in total. The first-order valence-corrected chi connectivity index (χ1v) is 5.47. The number of halogens is 1. The fourth-order valence-corrected chi connectivity index (χ4v) is 1.36. The molecule has 1 N–H and O–H groups in total. The molecule has 84 valence electrons. The Balaban J connectivity index is 2.56. The molecule has 0 spiro atoms. The maximum atomic E-state index is 10.6. The zero-order valence-electron chi connectivity index (χ0n) is 9.43. The van der Waals surface area contributed by atoms with Crippen molar-refractivity contribution >= 4 is 17.5 Å². The van der Waals surface area contributed by atoms with Crippen LogP contribution in [0.1, 0.15) is 24.5 Å². The lowest BCUT2D eigenvalue weighted by Crippen LogP contribution is -2.20. The second kappa shape index (κ2) is 6.19. The third-order valence-corrected chi connectivity index (χ3v) is 2.30. The number of rotatable bonds is 2. The van der Waals surface area contributed by atoms with Crippen LogP contribution in [0, 0.1) is 18.8 Å². The fourth-order valence-electron chi connectivity index (χ4n) is 1.19. The first kappa shape index (κ1) is 12.6. The van der Waals surface area contributed by atoms with E-state index in [2.05, 4.69) is 17.2 Å². The van der Waals surface area contributed by atoms with Crippen molar-refractivity contribution in [3.05, 3.63) is 34.3 Å². The predicted octanol–water partition coefficient (Wildman–Crippen LogP) is 2.53. The number of carbonyl (C=O) groups excluding carboxylic acids is 1. The molecule has 0 aliphatic carbocycles. The Hall–Kier alpha value is -1.46. The Morgan fingerprint density at radius 2 is 2.25 bits per heavy atom. The van der Waals surface area contributed by atoms with Crippen molar-refractivity contribution in [3.8, 4) is 11.8 Å². The Morgan fingerprint density at radius 3 is 2.94 bits per heavy atom. The summed E-state index contributed by atoms with van der Waals surface area (Å²) in [6.07, 6.45) is 0.629. The van der Waals surface area contributed by atoms with Crippen molar-refractivity contribution in [2.24, 2.45) is 0 Å². The molecule has 1 aromatic rings. The van der Waals surface area contributed by atoms with Gasteiger partial charge < -0.3 is 5.32 Å². The van der Waals surface area contributed by atoms with Crippen molar-refractivity contribution in [1.82, 2.24) is 5.32 Å². The topological polar surface area (TPSA) is 29.1 Å². The zero-order valence-corrected chi connectivity index (χ0v) is 10.2. The SMILES string of the molecule is CC(=O)NCCC#Cc1cc(C)ccc1Cl. The maximum Gasteiger partial charge on any atom is 0.216 e. The largest absolute Gasteiger partial charge is 0.355 e. The summed E-state index contributed by atoms with van der Waals surface area (Å²) >= 11 is 5.99. The molecular formula is C13H14ClNO. The van der Waals surface area contributed by atoms with E-state index in [1.54, 1.807) is 0 Å². The van der Waals surface area contributed by atoms with Crippen LogP contribution < -0.4 is 5.32 Å². The van der Waals surface area contributed by atoms with Crippen LogP contribution in [-0.2, 0) is 4.79 Å². The fraction of sp³-hybridized carbons (Fsp3) is 0.308. The predicted molar refractivity (Wildman–Crippen MR) is 66.4 cm³/mol. The minimum atomic E-state index is -0.0320. The van der Waals surface area contributed by atoms with Gasteiger partial charge in [-0.2, -0.15) is 0 Å². The van der Waals surface area contributed by atoms with E-state index in [-0.39, 0.29) is 5.91 Å². The summed E-state index contributed by atoms with van der Waals surface area (Å²) < 4.78 is 0. The smallest absolute Gasteiger partial charge is 0.216 e. The van der Waals surface area contributed by atoms with Crippen LogP contribution in [0.25, 0.3) is 0 Å². The molecule has 0 radical (unpaired) electrons. The van der Waals surface area contributed by atoms with Crippen LogP contribution in [0.15, 0.2) is 18.2 Å². The van der Waals surface area contributed by atoms with Crippen LogP contribution in [0.2, 0.25) is 5.02 Å². The average Bonchev–Trinajstić information content (AvgIpc) is 2.22. The Morgan fingerprint density at radius 1 is 1.50 bits per heavy atom. The van der Waals surface area contributed by atoms with Gasteiger partial charge in [-0.1, -0.05) is 29.5 Å². The lowest BCUT2D eigenvalue weighted by Gasteiger charge is -1.97. The Kier molecular flexibility index (Phi) is 4.88. The molecule has 3 heteroatoms. The molecule has 16 heavy (non-hydrogen) atoms. The summed E-state index contributed by atoms with van der Waals surface area (Å²) in [6, 6.07) is 5.74. The van der Waals surface area contributed by atoms with E-state index < -0.39 is 0 Å². The van der Waals surface area contributed by atoms with Crippen LogP contribution >= 0.6 is 11.6 Å². The van der Waals surface area contributed by atoms with E-state index >= 15 is 0 Å². The number of carbonyl (C=O) groups is 1.